The molecule has 0 unspecified atom stereocenters. The second-order valence-electron chi connectivity index (χ2n) is 4.30. The van der Waals surface area contributed by atoms with Crippen LogP contribution in [-0.2, 0) is 0 Å². The topological polar surface area (TPSA) is 29.5 Å². The maximum absolute atomic E-state index is 13.8. The summed E-state index contributed by atoms with van der Waals surface area (Å²) in [6, 6.07) is 7.96. The smallest absolute Gasteiger partial charge is 0.134 e. The lowest BCUT2D eigenvalue weighted by Crippen LogP contribution is -1.93. The van der Waals surface area contributed by atoms with Crippen LogP contribution in [-0.4, -0.2) is 12.2 Å². The molecule has 94 valence electrons. The van der Waals surface area contributed by atoms with Crippen molar-refractivity contribution in [2.45, 2.75) is 13.8 Å². The molecule has 2 aromatic carbocycles. The van der Waals surface area contributed by atoms with E-state index in [2.05, 4.69) is 0 Å². The van der Waals surface area contributed by atoms with Gasteiger partial charge in [-0.15, -0.1) is 0 Å². The summed E-state index contributed by atoms with van der Waals surface area (Å²) in [4.78, 5) is 0. The molecule has 3 heteroatoms. The number of methoxy groups -OCH3 is 1. The van der Waals surface area contributed by atoms with Crippen LogP contribution in [0.3, 0.4) is 0 Å². The number of phenols is 1. The molecular weight excluding hydrogens is 231 g/mol. The predicted octanol–water partition coefficient (Wildman–Crippen LogP) is 3.82. The third-order valence-corrected chi connectivity index (χ3v) is 2.98. The fourth-order valence-electron chi connectivity index (χ4n) is 2.02. The Kier molecular flexibility index (Phi) is 3.24. The Morgan fingerprint density at radius 3 is 2.33 bits per heavy atom. The largest absolute Gasteiger partial charge is 0.508 e. The van der Waals surface area contributed by atoms with Gasteiger partial charge in [-0.2, -0.15) is 0 Å². The number of benzene rings is 2. The van der Waals surface area contributed by atoms with Gasteiger partial charge < -0.3 is 9.84 Å². The first kappa shape index (κ1) is 12.4. The summed E-state index contributed by atoms with van der Waals surface area (Å²) in [5.74, 6) is 0.289. The van der Waals surface area contributed by atoms with Gasteiger partial charge in [-0.05, 0) is 54.8 Å². The summed E-state index contributed by atoms with van der Waals surface area (Å²) in [7, 11) is 1.61. The number of aromatic hydroxyl groups is 1. The van der Waals surface area contributed by atoms with E-state index in [0.29, 0.717) is 5.56 Å². The van der Waals surface area contributed by atoms with Crippen molar-refractivity contribution < 1.29 is 14.2 Å². The number of ether oxygens (including phenoxy) is 1. The Morgan fingerprint density at radius 1 is 1.00 bits per heavy atom. The van der Waals surface area contributed by atoms with E-state index in [1.54, 1.807) is 13.2 Å². The van der Waals surface area contributed by atoms with Crippen molar-refractivity contribution in [2.75, 3.05) is 7.11 Å². The molecule has 0 bridgehead atoms. The van der Waals surface area contributed by atoms with Crippen molar-refractivity contribution in [1.82, 2.24) is 0 Å². The van der Waals surface area contributed by atoms with E-state index < -0.39 is 5.82 Å². The van der Waals surface area contributed by atoms with Crippen LogP contribution in [0.1, 0.15) is 11.1 Å². The zero-order chi connectivity index (χ0) is 13.3. The van der Waals surface area contributed by atoms with Gasteiger partial charge >= 0.3 is 0 Å². The standard InChI is InChI=1S/C15H15FO2/c1-9-7-15(18-3)10(2)6-13(9)12-5-4-11(17)8-14(12)16/h4-8,17H,1-3H3. The fraction of sp³-hybridized carbons (Fsp3) is 0.200. The first-order chi connectivity index (χ1) is 8.52. The van der Waals surface area contributed by atoms with Gasteiger partial charge in [-0.25, -0.2) is 4.39 Å². The molecule has 0 radical (unpaired) electrons. The van der Waals surface area contributed by atoms with Gasteiger partial charge in [0.2, 0.25) is 0 Å². The molecule has 0 amide bonds. The molecule has 2 aromatic rings. The van der Waals surface area contributed by atoms with Crippen LogP contribution < -0.4 is 4.74 Å². The average molecular weight is 246 g/mol. The van der Waals surface area contributed by atoms with Crippen molar-refractivity contribution >= 4 is 0 Å². The maximum atomic E-state index is 13.8. The number of phenolic OH excluding ortho intramolecular Hbond substituents is 1. The van der Waals surface area contributed by atoms with Crippen LogP contribution in [0.25, 0.3) is 11.1 Å². The summed E-state index contributed by atoms with van der Waals surface area (Å²) < 4.78 is 19.1. The second-order valence-corrected chi connectivity index (χ2v) is 4.30. The maximum Gasteiger partial charge on any atom is 0.134 e. The molecule has 0 saturated heterocycles. The van der Waals surface area contributed by atoms with Crippen LogP contribution in [0.5, 0.6) is 11.5 Å². The molecule has 0 aliphatic carbocycles. The number of hydrogen-bond acceptors (Lipinski definition) is 2. The molecule has 0 aliphatic rings. The van der Waals surface area contributed by atoms with Gasteiger partial charge in [0.25, 0.3) is 0 Å². The Hall–Kier alpha value is -2.03. The molecule has 2 nitrogen and oxygen atoms in total. The zero-order valence-electron chi connectivity index (χ0n) is 10.6. The second kappa shape index (κ2) is 4.69. The Balaban J connectivity index is 2.60. The molecule has 18 heavy (non-hydrogen) atoms. The number of halogens is 1. The zero-order valence-corrected chi connectivity index (χ0v) is 10.6. The lowest BCUT2D eigenvalue weighted by Gasteiger charge is -2.12. The highest BCUT2D eigenvalue weighted by Gasteiger charge is 2.11. The third kappa shape index (κ3) is 2.16. The molecule has 0 saturated carbocycles. The highest BCUT2D eigenvalue weighted by Crippen LogP contribution is 2.32. The van der Waals surface area contributed by atoms with Gasteiger partial charge in [-0.3, -0.25) is 0 Å². The number of aryl methyl sites for hydroxylation is 2. The molecular formula is C15H15FO2. The third-order valence-electron chi connectivity index (χ3n) is 2.98. The van der Waals surface area contributed by atoms with E-state index in [9.17, 15) is 9.50 Å². The summed E-state index contributed by atoms with van der Waals surface area (Å²) in [5, 5.41) is 9.23. The molecule has 0 atom stereocenters. The quantitative estimate of drug-likeness (QED) is 0.872. The minimum Gasteiger partial charge on any atom is -0.508 e. The molecule has 0 spiro atoms. The van der Waals surface area contributed by atoms with Crippen LogP contribution in [0.4, 0.5) is 4.39 Å². The van der Waals surface area contributed by atoms with Crippen molar-refractivity contribution in [3.8, 4) is 22.6 Å². The van der Waals surface area contributed by atoms with E-state index in [0.717, 1.165) is 28.5 Å². The molecule has 0 heterocycles. The minimum absolute atomic E-state index is 0.0702. The molecule has 0 fully saturated rings. The highest BCUT2D eigenvalue weighted by molar-refractivity contribution is 5.70. The first-order valence-electron chi connectivity index (χ1n) is 5.67. The van der Waals surface area contributed by atoms with Crippen LogP contribution in [0, 0.1) is 19.7 Å². The fourth-order valence-corrected chi connectivity index (χ4v) is 2.02. The highest BCUT2D eigenvalue weighted by atomic mass is 19.1. The van der Waals surface area contributed by atoms with Crippen molar-refractivity contribution in [2.24, 2.45) is 0 Å². The minimum atomic E-state index is -0.428. The van der Waals surface area contributed by atoms with Crippen molar-refractivity contribution in [1.29, 1.82) is 0 Å². The van der Waals surface area contributed by atoms with Crippen molar-refractivity contribution in [3.05, 3.63) is 47.3 Å². The normalized spacial score (nSPS) is 10.4. The van der Waals surface area contributed by atoms with Crippen molar-refractivity contribution in [3.63, 3.8) is 0 Å². The van der Waals surface area contributed by atoms with Gasteiger partial charge in [0.1, 0.15) is 17.3 Å². The SMILES string of the molecule is COc1cc(C)c(-c2ccc(O)cc2F)cc1C. The summed E-state index contributed by atoms with van der Waals surface area (Å²) in [5.41, 5.74) is 3.18. The monoisotopic (exact) mass is 246 g/mol. The number of rotatable bonds is 2. The predicted molar refractivity (Wildman–Crippen MR) is 69.5 cm³/mol. The lowest BCUT2D eigenvalue weighted by atomic mass is 9.97. The molecule has 1 N–H and O–H groups in total. The molecule has 2 rings (SSSR count). The summed E-state index contributed by atoms with van der Waals surface area (Å²) in [6.07, 6.45) is 0. The van der Waals surface area contributed by atoms with Crippen LogP contribution >= 0.6 is 0 Å². The van der Waals surface area contributed by atoms with E-state index in [1.807, 2.05) is 26.0 Å². The Labute approximate surface area is 106 Å². The van der Waals surface area contributed by atoms with Crippen LogP contribution in [0.2, 0.25) is 0 Å². The summed E-state index contributed by atoms with van der Waals surface area (Å²) >= 11 is 0. The van der Waals surface area contributed by atoms with E-state index in [4.69, 9.17) is 4.74 Å². The average Bonchev–Trinajstić information content (AvgIpc) is 2.32. The van der Waals surface area contributed by atoms with Gasteiger partial charge in [0.15, 0.2) is 0 Å². The Morgan fingerprint density at radius 2 is 1.72 bits per heavy atom. The van der Waals surface area contributed by atoms with Gasteiger partial charge in [-0.1, -0.05) is 0 Å². The van der Waals surface area contributed by atoms with Crippen LogP contribution in [0.15, 0.2) is 30.3 Å². The van der Waals surface area contributed by atoms with E-state index in [1.165, 1.54) is 6.07 Å². The van der Waals surface area contributed by atoms with E-state index in [-0.39, 0.29) is 5.75 Å². The molecule has 0 aliphatic heterocycles. The molecule has 0 aromatic heterocycles. The van der Waals surface area contributed by atoms with Gasteiger partial charge in [0.05, 0.1) is 7.11 Å². The lowest BCUT2D eigenvalue weighted by molar-refractivity contribution is 0.411. The van der Waals surface area contributed by atoms with Gasteiger partial charge in [0, 0.05) is 11.6 Å². The number of hydrogen-bond donors (Lipinski definition) is 1. The van der Waals surface area contributed by atoms with E-state index >= 15 is 0 Å². The first-order valence-corrected chi connectivity index (χ1v) is 5.67. The summed E-state index contributed by atoms with van der Waals surface area (Å²) in [6.45, 7) is 3.82. The Bertz CT molecular complexity index is 591.